The van der Waals surface area contributed by atoms with Crippen LogP contribution in [0.25, 0.3) is 0 Å². The fraction of sp³-hybridized carbons (Fsp3) is 0.586. The molecular formula is C29H40N2O4. The highest BCUT2D eigenvalue weighted by Gasteiger charge is 2.40. The molecule has 1 unspecified atom stereocenters. The van der Waals surface area contributed by atoms with E-state index in [1.165, 1.54) is 41.6 Å². The van der Waals surface area contributed by atoms with Crippen molar-refractivity contribution in [3.05, 3.63) is 46.5 Å². The highest BCUT2D eigenvalue weighted by Crippen LogP contribution is 2.48. The van der Waals surface area contributed by atoms with Crippen molar-refractivity contribution < 1.29 is 18.9 Å². The van der Waals surface area contributed by atoms with Gasteiger partial charge in [0.05, 0.1) is 28.4 Å². The van der Waals surface area contributed by atoms with Crippen LogP contribution in [0.2, 0.25) is 0 Å². The lowest BCUT2D eigenvalue weighted by Crippen LogP contribution is -2.46. The second kappa shape index (κ2) is 10.3. The van der Waals surface area contributed by atoms with Gasteiger partial charge in [0.15, 0.2) is 23.0 Å². The maximum atomic E-state index is 5.68. The van der Waals surface area contributed by atoms with Crippen LogP contribution in [0.5, 0.6) is 23.0 Å². The van der Waals surface area contributed by atoms with Crippen LogP contribution in [0.15, 0.2) is 24.3 Å². The van der Waals surface area contributed by atoms with E-state index in [9.17, 15) is 0 Å². The maximum Gasteiger partial charge on any atom is 0.161 e. The first-order valence-electron chi connectivity index (χ1n) is 13.1. The third kappa shape index (κ3) is 4.47. The van der Waals surface area contributed by atoms with Crippen molar-refractivity contribution in [2.75, 3.05) is 48.1 Å². The first-order valence-corrected chi connectivity index (χ1v) is 13.1. The number of hydrogen-bond acceptors (Lipinski definition) is 6. The summed E-state index contributed by atoms with van der Waals surface area (Å²) in [7, 11) is 6.90. The average molecular weight is 481 g/mol. The number of piperidine rings is 1. The molecule has 2 aromatic carbocycles. The summed E-state index contributed by atoms with van der Waals surface area (Å²) in [5.74, 6) is 4.69. The predicted molar refractivity (Wildman–Crippen MR) is 138 cm³/mol. The molecule has 6 heteroatoms. The Labute approximate surface area is 209 Å². The molecule has 2 aromatic rings. The van der Waals surface area contributed by atoms with Crippen molar-refractivity contribution in [1.82, 2.24) is 10.2 Å². The van der Waals surface area contributed by atoms with Gasteiger partial charge in [0.25, 0.3) is 0 Å². The van der Waals surface area contributed by atoms with Crippen LogP contribution in [-0.2, 0) is 12.8 Å². The number of rotatable bonds is 7. The lowest BCUT2D eigenvalue weighted by Gasteiger charge is -2.48. The van der Waals surface area contributed by atoms with Crippen molar-refractivity contribution >= 4 is 0 Å². The van der Waals surface area contributed by atoms with E-state index in [0.29, 0.717) is 23.9 Å². The predicted octanol–water partition coefficient (Wildman–Crippen LogP) is 4.94. The second-order valence-corrected chi connectivity index (χ2v) is 10.2. The molecular weight excluding hydrogens is 440 g/mol. The third-order valence-electron chi connectivity index (χ3n) is 8.64. The van der Waals surface area contributed by atoms with Gasteiger partial charge in [0, 0.05) is 25.2 Å². The van der Waals surface area contributed by atoms with Crippen LogP contribution in [0.1, 0.15) is 60.5 Å². The Balaban J connectivity index is 1.43. The van der Waals surface area contributed by atoms with Crippen molar-refractivity contribution in [3.63, 3.8) is 0 Å². The Hall–Kier alpha value is -2.44. The highest BCUT2D eigenvalue weighted by atomic mass is 16.5. The van der Waals surface area contributed by atoms with Crippen molar-refractivity contribution in [2.24, 2.45) is 11.8 Å². The van der Waals surface area contributed by atoms with Gasteiger partial charge in [-0.2, -0.15) is 0 Å². The van der Waals surface area contributed by atoms with Gasteiger partial charge in [-0.05, 0) is 90.6 Å². The standard InChI is InChI=1S/C29H40N2O4/c1-6-18-17-31-10-8-20-14-27(33-3)29(35-5)16-23(20)25(31)12-21(18)11-24-22-15-28(34-4)26(32-2)13-19(22)7-9-30-24/h13-16,18,21,24-25,30H,6-12,17H2,1-5H3/t18-,21?,24+,25-/m1/s1. The molecule has 0 aliphatic carbocycles. The molecule has 1 N–H and O–H groups in total. The summed E-state index contributed by atoms with van der Waals surface area (Å²) in [6.07, 6.45) is 5.65. The van der Waals surface area contributed by atoms with Crippen LogP contribution in [-0.4, -0.2) is 53.0 Å². The van der Waals surface area contributed by atoms with Crippen molar-refractivity contribution in [3.8, 4) is 23.0 Å². The summed E-state index contributed by atoms with van der Waals surface area (Å²) in [6.45, 7) is 5.66. The zero-order chi connectivity index (χ0) is 24.5. The summed E-state index contributed by atoms with van der Waals surface area (Å²) < 4.78 is 22.5. The smallest absolute Gasteiger partial charge is 0.161 e. The van der Waals surface area contributed by atoms with Gasteiger partial charge < -0.3 is 24.3 Å². The molecule has 1 saturated heterocycles. The summed E-state index contributed by atoms with van der Waals surface area (Å²) >= 11 is 0. The Bertz CT molecular complexity index is 1050. The van der Waals surface area contributed by atoms with E-state index in [-0.39, 0.29) is 0 Å². The van der Waals surface area contributed by atoms with Crippen molar-refractivity contribution in [2.45, 2.75) is 51.1 Å². The SMILES string of the molecule is CC[C@@H]1CN2CCc3cc(OC)c(OC)cc3[C@H]2CC1C[C@@H]1NCCc2cc(OC)c(OC)cc21. The zero-order valence-corrected chi connectivity index (χ0v) is 21.9. The normalized spacial score (nSPS) is 25.7. The lowest BCUT2D eigenvalue weighted by atomic mass is 9.72. The number of nitrogens with zero attached hydrogens (tertiary/aromatic N) is 1. The van der Waals surface area contributed by atoms with Crippen LogP contribution < -0.4 is 24.3 Å². The molecule has 0 saturated carbocycles. The Morgan fingerprint density at radius 1 is 0.800 bits per heavy atom. The summed E-state index contributed by atoms with van der Waals surface area (Å²) in [4.78, 5) is 2.72. The molecule has 0 spiro atoms. The van der Waals surface area contributed by atoms with E-state index in [1.54, 1.807) is 28.4 Å². The molecule has 35 heavy (non-hydrogen) atoms. The van der Waals surface area contributed by atoms with E-state index in [0.717, 1.165) is 55.4 Å². The van der Waals surface area contributed by atoms with E-state index >= 15 is 0 Å². The zero-order valence-electron chi connectivity index (χ0n) is 21.9. The fourth-order valence-corrected chi connectivity index (χ4v) is 6.74. The topological polar surface area (TPSA) is 52.2 Å². The fourth-order valence-electron chi connectivity index (χ4n) is 6.74. The van der Waals surface area contributed by atoms with E-state index < -0.39 is 0 Å². The molecule has 3 aliphatic rings. The second-order valence-electron chi connectivity index (χ2n) is 10.2. The Morgan fingerprint density at radius 2 is 1.40 bits per heavy atom. The molecule has 0 radical (unpaired) electrons. The van der Waals surface area contributed by atoms with Gasteiger partial charge in [0.2, 0.25) is 0 Å². The molecule has 0 aromatic heterocycles. The highest BCUT2D eigenvalue weighted by molar-refractivity contribution is 5.50. The molecule has 6 nitrogen and oxygen atoms in total. The number of nitrogens with one attached hydrogen (secondary N) is 1. The Kier molecular flexibility index (Phi) is 7.12. The maximum absolute atomic E-state index is 5.68. The van der Waals surface area contributed by atoms with E-state index in [2.05, 4.69) is 41.4 Å². The first kappa shape index (κ1) is 24.3. The monoisotopic (exact) mass is 480 g/mol. The minimum absolute atomic E-state index is 0.345. The quantitative estimate of drug-likeness (QED) is 0.606. The number of hydrogen-bond donors (Lipinski definition) is 1. The number of ether oxygens (including phenoxy) is 4. The van der Waals surface area contributed by atoms with Gasteiger partial charge in [-0.25, -0.2) is 0 Å². The molecule has 5 rings (SSSR count). The largest absolute Gasteiger partial charge is 0.493 e. The van der Waals surface area contributed by atoms with Gasteiger partial charge in [-0.3, -0.25) is 4.90 Å². The number of benzene rings is 2. The van der Waals surface area contributed by atoms with Gasteiger partial charge in [-0.15, -0.1) is 0 Å². The molecule has 3 aliphatic heterocycles. The molecule has 1 fully saturated rings. The molecule has 3 heterocycles. The van der Waals surface area contributed by atoms with Crippen LogP contribution >= 0.6 is 0 Å². The Morgan fingerprint density at radius 3 is 2.03 bits per heavy atom. The summed E-state index contributed by atoms with van der Waals surface area (Å²) in [5, 5.41) is 3.83. The van der Waals surface area contributed by atoms with Crippen LogP contribution in [0.3, 0.4) is 0 Å². The van der Waals surface area contributed by atoms with Crippen LogP contribution in [0, 0.1) is 11.8 Å². The third-order valence-corrected chi connectivity index (χ3v) is 8.64. The van der Waals surface area contributed by atoms with Crippen molar-refractivity contribution in [1.29, 1.82) is 0 Å². The number of fused-ring (bicyclic) bond motifs is 4. The molecule has 0 bridgehead atoms. The summed E-state index contributed by atoms with van der Waals surface area (Å²) in [6, 6.07) is 9.61. The minimum Gasteiger partial charge on any atom is -0.493 e. The molecule has 0 amide bonds. The lowest BCUT2D eigenvalue weighted by molar-refractivity contribution is 0.0434. The van der Waals surface area contributed by atoms with E-state index in [4.69, 9.17) is 18.9 Å². The van der Waals surface area contributed by atoms with E-state index in [1.807, 2.05) is 0 Å². The first-order chi connectivity index (χ1) is 17.1. The van der Waals surface area contributed by atoms with Crippen LogP contribution in [0.4, 0.5) is 0 Å². The number of methoxy groups -OCH3 is 4. The summed E-state index contributed by atoms with van der Waals surface area (Å²) in [5.41, 5.74) is 5.60. The van der Waals surface area contributed by atoms with Gasteiger partial charge >= 0.3 is 0 Å². The minimum atomic E-state index is 0.345. The average Bonchev–Trinajstić information content (AvgIpc) is 2.91. The molecule has 190 valence electrons. The van der Waals surface area contributed by atoms with Gasteiger partial charge in [-0.1, -0.05) is 13.3 Å². The van der Waals surface area contributed by atoms with Gasteiger partial charge in [0.1, 0.15) is 0 Å². The molecule has 4 atom stereocenters.